The highest BCUT2D eigenvalue weighted by Crippen LogP contribution is 2.09. The molecule has 0 spiro atoms. The number of hydrogen-bond acceptors (Lipinski definition) is 2. The summed E-state index contributed by atoms with van der Waals surface area (Å²) in [6.45, 7) is 3.77. The van der Waals surface area contributed by atoms with Crippen molar-refractivity contribution in [3.63, 3.8) is 0 Å². The average Bonchev–Trinajstić information content (AvgIpc) is 2.13. The van der Waals surface area contributed by atoms with E-state index in [1.807, 2.05) is 13.8 Å². The molecule has 10 heavy (non-hydrogen) atoms. The number of aryl methyl sites for hydroxylation is 3. The van der Waals surface area contributed by atoms with Crippen LogP contribution in [0.3, 0.4) is 0 Å². The molecule has 0 radical (unpaired) electrons. The molecule has 1 rings (SSSR count). The van der Waals surface area contributed by atoms with Gasteiger partial charge in [0.05, 0.1) is 5.69 Å². The lowest BCUT2D eigenvalue weighted by molar-refractivity contribution is 0.479. The number of hydrogen-bond donors (Lipinski definition) is 0. The lowest BCUT2D eigenvalue weighted by Crippen LogP contribution is -1.85. The molecule has 0 saturated carbocycles. The molecule has 0 fully saturated rings. The zero-order valence-electron chi connectivity index (χ0n) is 6.15. The highest BCUT2D eigenvalue weighted by Gasteiger charge is 2.04. The fraction of sp³-hybridized carbons (Fsp3) is 0.571. The predicted molar refractivity (Wildman–Crippen MR) is 40.4 cm³/mol. The first-order chi connectivity index (χ1) is 4.74. The first kappa shape index (κ1) is 7.61. The van der Waals surface area contributed by atoms with Gasteiger partial charge in [-0.2, -0.15) is 0 Å². The Bertz CT molecular complexity index is 219. The van der Waals surface area contributed by atoms with Crippen molar-refractivity contribution in [2.24, 2.45) is 0 Å². The van der Waals surface area contributed by atoms with Crippen LogP contribution in [0.2, 0.25) is 0 Å². The average molecular weight is 160 g/mol. The van der Waals surface area contributed by atoms with E-state index in [0.29, 0.717) is 5.88 Å². The van der Waals surface area contributed by atoms with Gasteiger partial charge in [-0.3, -0.25) is 0 Å². The minimum Gasteiger partial charge on any atom is -0.446 e. The summed E-state index contributed by atoms with van der Waals surface area (Å²) in [7, 11) is 0. The summed E-state index contributed by atoms with van der Waals surface area (Å²) in [6.07, 6.45) is 0.772. The van der Waals surface area contributed by atoms with E-state index in [0.717, 1.165) is 23.8 Å². The first-order valence-electron chi connectivity index (χ1n) is 3.23. The van der Waals surface area contributed by atoms with E-state index in [1.54, 1.807) is 0 Å². The van der Waals surface area contributed by atoms with Crippen molar-refractivity contribution in [1.82, 2.24) is 4.98 Å². The Hall–Kier alpha value is -0.500. The SMILES string of the molecule is Cc1nc(C)c(CCCl)o1. The number of halogens is 1. The molecule has 0 saturated heterocycles. The summed E-state index contributed by atoms with van der Waals surface area (Å²) in [5.41, 5.74) is 0.957. The molecule has 56 valence electrons. The second kappa shape index (κ2) is 3.06. The van der Waals surface area contributed by atoms with E-state index in [2.05, 4.69) is 4.98 Å². The van der Waals surface area contributed by atoms with Gasteiger partial charge in [0, 0.05) is 19.2 Å². The standard InChI is InChI=1S/C7H10ClNO/c1-5-7(3-4-8)10-6(2)9-5/h3-4H2,1-2H3. The van der Waals surface area contributed by atoms with E-state index >= 15 is 0 Å². The molecule has 3 heteroatoms. The Kier molecular flexibility index (Phi) is 2.33. The minimum atomic E-state index is 0.593. The Balaban J connectivity index is 2.81. The molecule has 0 amide bonds. The summed E-state index contributed by atoms with van der Waals surface area (Å²) < 4.78 is 5.26. The fourth-order valence-electron chi connectivity index (χ4n) is 0.891. The van der Waals surface area contributed by atoms with Crippen LogP contribution in [0.1, 0.15) is 17.3 Å². The fourth-order valence-corrected chi connectivity index (χ4v) is 1.06. The van der Waals surface area contributed by atoms with Gasteiger partial charge in [-0.25, -0.2) is 4.98 Å². The summed E-state index contributed by atoms with van der Waals surface area (Å²) >= 11 is 5.53. The van der Waals surface area contributed by atoms with Crippen LogP contribution in [-0.2, 0) is 6.42 Å². The van der Waals surface area contributed by atoms with Crippen molar-refractivity contribution in [2.75, 3.05) is 5.88 Å². The van der Waals surface area contributed by atoms with Gasteiger partial charge in [-0.1, -0.05) is 0 Å². The Labute approximate surface area is 65.2 Å². The van der Waals surface area contributed by atoms with Crippen LogP contribution < -0.4 is 0 Å². The second-order valence-electron chi connectivity index (χ2n) is 2.18. The molecule has 0 aliphatic rings. The summed E-state index contributed by atoms with van der Waals surface area (Å²) in [5.74, 6) is 2.22. The molecule has 1 aromatic heterocycles. The number of aromatic nitrogens is 1. The van der Waals surface area contributed by atoms with E-state index in [4.69, 9.17) is 16.0 Å². The van der Waals surface area contributed by atoms with Crippen molar-refractivity contribution < 1.29 is 4.42 Å². The predicted octanol–water partition coefficient (Wildman–Crippen LogP) is 2.07. The highest BCUT2D eigenvalue weighted by molar-refractivity contribution is 6.17. The third-order valence-electron chi connectivity index (χ3n) is 1.32. The Morgan fingerprint density at radius 1 is 1.50 bits per heavy atom. The summed E-state index contributed by atoms with van der Waals surface area (Å²) in [4.78, 5) is 4.10. The molecule has 0 aromatic carbocycles. The van der Waals surface area contributed by atoms with Gasteiger partial charge in [0.1, 0.15) is 5.76 Å². The number of alkyl halides is 1. The maximum absolute atomic E-state index is 5.53. The Morgan fingerprint density at radius 3 is 2.60 bits per heavy atom. The van der Waals surface area contributed by atoms with Gasteiger partial charge in [-0.15, -0.1) is 11.6 Å². The maximum atomic E-state index is 5.53. The number of nitrogens with zero attached hydrogens (tertiary/aromatic N) is 1. The van der Waals surface area contributed by atoms with Crippen LogP contribution in [0, 0.1) is 13.8 Å². The third kappa shape index (κ3) is 1.51. The minimum absolute atomic E-state index is 0.593. The molecule has 0 bridgehead atoms. The molecule has 0 atom stereocenters. The van der Waals surface area contributed by atoms with E-state index in [1.165, 1.54) is 0 Å². The zero-order valence-corrected chi connectivity index (χ0v) is 6.90. The van der Waals surface area contributed by atoms with Gasteiger partial charge in [0.15, 0.2) is 5.89 Å². The smallest absolute Gasteiger partial charge is 0.191 e. The molecule has 1 aromatic rings. The monoisotopic (exact) mass is 159 g/mol. The van der Waals surface area contributed by atoms with Crippen molar-refractivity contribution in [2.45, 2.75) is 20.3 Å². The van der Waals surface area contributed by atoms with E-state index in [9.17, 15) is 0 Å². The lowest BCUT2D eigenvalue weighted by atomic mass is 10.3. The largest absolute Gasteiger partial charge is 0.446 e. The second-order valence-corrected chi connectivity index (χ2v) is 2.56. The summed E-state index contributed by atoms with van der Waals surface area (Å²) in [5, 5.41) is 0. The summed E-state index contributed by atoms with van der Waals surface area (Å²) in [6, 6.07) is 0. The van der Waals surface area contributed by atoms with Gasteiger partial charge >= 0.3 is 0 Å². The number of rotatable bonds is 2. The normalized spacial score (nSPS) is 10.3. The van der Waals surface area contributed by atoms with Crippen LogP contribution >= 0.6 is 11.6 Å². The van der Waals surface area contributed by atoms with Crippen LogP contribution in [0.25, 0.3) is 0 Å². The molecular formula is C7H10ClNO. The van der Waals surface area contributed by atoms with E-state index < -0.39 is 0 Å². The zero-order chi connectivity index (χ0) is 7.56. The quantitative estimate of drug-likeness (QED) is 0.618. The third-order valence-corrected chi connectivity index (χ3v) is 1.51. The van der Waals surface area contributed by atoms with Crippen molar-refractivity contribution >= 4 is 11.6 Å². The van der Waals surface area contributed by atoms with Crippen molar-refractivity contribution in [1.29, 1.82) is 0 Å². The lowest BCUT2D eigenvalue weighted by Gasteiger charge is -1.88. The van der Waals surface area contributed by atoms with Crippen molar-refractivity contribution in [3.05, 3.63) is 17.3 Å². The maximum Gasteiger partial charge on any atom is 0.191 e. The van der Waals surface area contributed by atoms with Crippen molar-refractivity contribution in [3.8, 4) is 0 Å². The molecule has 0 unspecified atom stereocenters. The van der Waals surface area contributed by atoms with Gasteiger partial charge in [0.2, 0.25) is 0 Å². The van der Waals surface area contributed by atoms with Crippen LogP contribution in [0.5, 0.6) is 0 Å². The topological polar surface area (TPSA) is 26.0 Å². The molecule has 2 nitrogen and oxygen atoms in total. The van der Waals surface area contributed by atoms with Crippen LogP contribution in [-0.4, -0.2) is 10.9 Å². The molecule has 0 N–H and O–H groups in total. The molecular weight excluding hydrogens is 150 g/mol. The van der Waals surface area contributed by atoms with Gasteiger partial charge < -0.3 is 4.42 Å². The molecule has 1 heterocycles. The highest BCUT2D eigenvalue weighted by atomic mass is 35.5. The molecule has 0 aliphatic heterocycles. The first-order valence-corrected chi connectivity index (χ1v) is 3.76. The van der Waals surface area contributed by atoms with E-state index in [-0.39, 0.29) is 0 Å². The van der Waals surface area contributed by atoms with Gasteiger partial charge in [0.25, 0.3) is 0 Å². The molecule has 0 aliphatic carbocycles. The van der Waals surface area contributed by atoms with Gasteiger partial charge in [-0.05, 0) is 6.92 Å². The van der Waals surface area contributed by atoms with Crippen LogP contribution in [0.15, 0.2) is 4.42 Å². The Morgan fingerprint density at radius 2 is 2.20 bits per heavy atom. The van der Waals surface area contributed by atoms with Crippen LogP contribution in [0.4, 0.5) is 0 Å². The number of oxazole rings is 1.